The Labute approximate surface area is 178 Å². The van der Waals surface area contributed by atoms with Gasteiger partial charge in [0, 0.05) is 35.5 Å². The van der Waals surface area contributed by atoms with Crippen molar-refractivity contribution in [3.05, 3.63) is 52.5 Å². The second kappa shape index (κ2) is 9.41. The fourth-order valence-corrected chi connectivity index (χ4v) is 3.54. The first-order chi connectivity index (χ1) is 14.4. The van der Waals surface area contributed by atoms with Crippen LogP contribution >= 0.6 is 0 Å². The number of nitrogens with two attached hydrogens (primary N) is 1. The molecule has 3 rings (SSSR count). The first kappa shape index (κ1) is 22.0. The summed E-state index contributed by atoms with van der Waals surface area (Å²) in [7, 11) is 0. The van der Waals surface area contributed by atoms with Crippen molar-refractivity contribution in [3.8, 4) is 28.5 Å². The fourth-order valence-electron chi connectivity index (χ4n) is 3.54. The summed E-state index contributed by atoms with van der Waals surface area (Å²) in [4.78, 5) is 9.39. The third-order valence-corrected chi connectivity index (χ3v) is 5.06. The van der Waals surface area contributed by atoms with Gasteiger partial charge >= 0.3 is 0 Å². The lowest BCUT2D eigenvalue weighted by Gasteiger charge is -2.15. The molecule has 0 saturated carbocycles. The van der Waals surface area contributed by atoms with E-state index in [1.807, 2.05) is 45.0 Å². The molecular weight excluding hydrogens is 378 g/mol. The zero-order valence-corrected chi connectivity index (χ0v) is 18.5. The number of aliphatic hydroxyl groups is 1. The van der Waals surface area contributed by atoms with Gasteiger partial charge in [0.1, 0.15) is 29.9 Å². The van der Waals surface area contributed by atoms with Crippen LogP contribution in [-0.2, 0) is 12.8 Å². The summed E-state index contributed by atoms with van der Waals surface area (Å²) in [6, 6.07) is 8.14. The summed E-state index contributed by atoms with van der Waals surface area (Å²) >= 11 is 0. The predicted octanol–water partition coefficient (Wildman–Crippen LogP) is 4.15. The van der Waals surface area contributed by atoms with E-state index in [0.29, 0.717) is 5.89 Å². The van der Waals surface area contributed by atoms with Crippen LogP contribution in [0, 0.1) is 20.8 Å². The van der Waals surface area contributed by atoms with Gasteiger partial charge < -0.3 is 20.0 Å². The highest BCUT2D eigenvalue weighted by Gasteiger charge is 2.18. The van der Waals surface area contributed by atoms with Gasteiger partial charge in [0.25, 0.3) is 0 Å². The molecule has 1 unspecified atom stereocenters. The molecule has 6 nitrogen and oxygen atoms in total. The Morgan fingerprint density at radius 2 is 1.70 bits per heavy atom. The van der Waals surface area contributed by atoms with E-state index in [-0.39, 0.29) is 13.2 Å². The molecule has 0 amide bonds. The molecule has 0 aliphatic heterocycles. The van der Waals surface area contributed by atoms with Crippen LogP contribution in [0.15, 0.2) is 28.7 Å². The Hall–Kier alpha value is -2.70. The largest absolute Gasteiger partial charge is 0.490 e. The fraction of sp³-hybridized carbons (Fsp3) is 0.417. The highest BCUT2D eigenvalue weighted by atomic mass is 16.5. The first-order valence-corrected chi connectivity index (χ1v) is 10.5. The lowest BCUT2D eigenvalue weighted by Crippen LogP contribution is -2.26. The minimum atomic E-state index is -0.676. The lowest BCUT2D eigenvalue weighted by molar-refractivity contribution is 0.113. The first-order valence-electron chi connectivity index (χ1n) is 10.5. The second-order valence-corrected chi connectivity index (χ2v) is 7.63. The molecule has 30 heavy (non-hydrogen) atoms. The van der Waals surface area contributed by atoms with Gasteiger partial charge in [-0.2, -0.15) is 0 Å². The van der Waals surface area contributed by atoms with Crippen LogP contribution in [-0.4, -0.2) is 34.3 Å². The molecule has 0 aliphatic carbocycles. The van der Waals surface area contributed by atoms with Gasteiger partial charge in [-0.05, 0) is 62.6 Å². The molecule has 6 heteroatoms. The molecule has 1 aromatic carbocycles. The molecule has 0 fully saturated rings. The molecule has 3 N–H and O–H groups in total. The summed E-state index contributed by atoms with van der Waals surface area (Å²) in [5.74, 6) is 2.23. The lowest BCUT2D eigenvalue weighted by atomic mass is 10.0. The zero-order valence-electron chi connectivity index (χ0n) is 18.5. The number of aromatic nitrogens is 2. The Balaban J connectivity index is 1.99. The van der Waals surface area contributed by atoms with Gasteiger partial charge in [0.2, 0.25) is 5.89 Å². The highest BCUT2D eigenvalue weighted by molar-refractivity contribution is 5.69. The van der Waals surface area contributed by atoms with Gasteiger partial charge in [0.15, 0.2) is 0 Å². The second-order valence-electron chi connectivity index (χ2n) is 7.63. The van der Waals surface area contributed by atoms with Gasteiger partial charge in [-0.25, -0.2) is 4.98 Å². The highest BCUT2D eigenvalue weighted by Crippen LogP contribution is 2.34. The molecule has 1 atom stereocenters. The minimum absolute atomic E-state index is 0.173. The van der Waals surface area contributed by atoms with Crippen molar-refractivity contribution < 1.29 is 14.3 Å². The number of benzene rings is 1. The quantitative estimate of drug-likeness (QED) is 0.580. The summed E-state index contributed by atoms with van der Waals surface area (Å²) in [5, 5.41) is 9.69. The Bertz CT molecular complexity index is 1000. The van der Waals surface area contributed by atoms with Crippen molar-refractivity contribution in [2.24, 2.45) is 5.73 Å². The summed E-state index contributed by atoms with van der Waals surface area (Å²) in [6.45, 7) is 10.5. The molecule has 0 spiro atoms. The maximum absolute atomic E-state index is 9.69. The number of hydrogen-bond donors (Lipinski definition) is 2. The van der Waals surface area contributed by atoms with Crippen LogP contribution < -0.4 is 10.5 Å². The molecule has 0 radical (unpaired) electrons. The van der Waals surface area contributed by atoms with Crippen molar-refractivity contribution in [1.29, 1.82) is 0 Å². The number of hydrogen-bond acceptors (Lipinski definition) is 6. The number of aliphatic hydroxyl groups excluding tert-OH is 1. The number of aryl methyl sites for hydroxylation is 5. The smallest absolute Gasteiger partial charge is 0.227 e. The Morgan fingerprint density at radius 1 is 1.00 bits per heavy atom. The van der Waals surface area contributed by atoms with E-state index < -0.39 is 6.10 Å². The van der Waals surface area contributed by atoms with E-state index in [9.17, 15) is 5.11 Å². The number of oxazole rings is 1. The van der Waals surface area contributed by atoms with E-state index in [2.05, 4.69) is 18.8 Å². The van der Waals surface area contributed by atoms with E-state index in [4.69, 9.17) is 19.9 Å². The zero-order chi connectivity index (χ0) is 21.8. The standard InChI is InChI=1S/C24H31N3O3/c1-6-19-11-18(10-16(5)26-19)24-27-22(21(7-2)30-24)17-8-14(3)23(15(4)9-17)29-13-20(28)12-25/h8-11,20,28H,6-7,12-13,25H2,1-5H3. The van der Waals surface area contributed by atoms with Crippen molar-refractivity contribution in [1.82, 2.24) is 9.97 Å². The van der Waals surface area contributed by atoms with Crippen LogP contribution in [0.5, 0.6) is 5.75 Å². The van der Waals surface area contributed by atoms with Crippen LogP contribution in [0.3, 0.4) is 0 Å². The van der Waals surface area contributed by atoms with Crippen LogP contribution in [0.2, 0.25) is 0 Å². The molecule has 0 bridgehead atoms. The number of ether oxygens (including phenoxy) is 1. The van der Waals surface area contributed by atoms with Gasteiger partial charge in [0.05, 0.1) is 0 Å². The normalized spacial score (nSPS) is 12.2. The maximum atomic E-state index is 9.69. The summed E-state index contributed by atoms with van der Waals surface area (Å²) in [5.41, 5.74) is 12.2. The summed E-state index contributed by atoms with van der Waals surface area (Å²) < 4.78 is 11.9. The summed E-state index contributed by atoms with van der Waals surface area (Å²) in [6.07, 6.45) is 0.929. The maximum Gasteiger partial charge on any atom is 0.227 e. The van der Waals surface area contributed by atoms with Crippen LogP contribution in [0.4, 0.5) is 0 Å². The molecule has 2 aromatic heterocycles. The van der Waals surface area contributed by atoms with E-state index in [1.54, 1.807) is 0 Å². The third-order valence-electron chi connectivity index (χ3n) is 5.06. The molecule has 2 heterocycles. The van der Waals surface area contributed by atoms with Crippen molar-refractivity contribution in [3.63, 3.8) is 0 Å². The number of rotatable bonds is 8. The van der Waals surface area contributed by atoms with Crippen molar-refractivity contribution in [2.45, 2.75) is 53.6 Å². The monoisotopic (exact) mass is 409 g/mol. The molecule has 0 aliphatic rings. The number of nitrogens with zero attached hydrogens (tertiary/aromatic N) is 2. The minimum Gasteiger partial charge on any atom is -0.490 e. The molecular formula is C24H31N3O3. The third kappa shape index (κ3) is 4.71. The average Bonchev–Trinajstić information content (AvgIpc) is 3.17. The van der Waals surface area contributed by atoms with Crippen molar-refractivity contribution >= 4 is 0 Å². The molecule has 0 saturated heterocycles. The Kier molecular flexibility index (Phi) is 6.90. The Morgan fingerprint density at radius 3 is 2.30 bits per heavy atom. The van der Waals surface area contributed by atoms with Gasteiger partial charge in [-0.15, -0.1) is 0 Å². The van der Waals surface area contributed by atoms with Crippen molar-refractivity contribution in [2.75, 3.05) is 13.2 Å². The van der Waals surface area contributed by atoms with E-state index in [1.165, 1.54) is 0 Å². The predicted molar refractivity (Wildman–Crippen MR) is 119 cm³/mol. The molecule has 3 aromatic rings. The number of pyridine rings is 1. The SMILES string of the molecule is CCc1cc(-c2nc(-c3cc(C)c(OCC(O)CN)c(C)c3)c(CC)o2)cc(C)n1. The van der Waals surface area contributed by atoms with Gasteiger partial charge in [-0.3, -0.25) is 4.98 Å². The van der Waals surface area contributed by atoms with Crippen LogP contribution in [0.25, 0.3) is 22.7 Å². The van der Waals surface area contributed by atoms with E-state index in [0.717, 1.165) is 63.7 Å². The van der Waals surface area contributed by atoms with Crippen LogP contribution in [0.1, 0.15) is 42.1 Å². The average molecular weight is 410 g/mol. The van der Waals surface area contributed by atoms with E-state index >= 15 is 0 Å². The van der Waals surface area contributed by atoms with Gasteiger partial charge in [-0.1, -0.05) is 13.8 Å². The molecule has 160 valence electrons. The topological polar surface area (TPSA) is 94.4 Å².